The number of ether oxygens (including phenoxy) is 1. The third-order valence-corrected chi connectivity index (χ3v) is 8.86. The van der Waals surface area contributed by atoms with Gasteiger partial charge in [0.15, 0.2) is 6.61 Å². The fraction of sp³-hybridized carbons (Fsp3) is 0.781. The molecule has 0 radical (unpaired) electrons. The standard InChI is InChI=1S/C32H53NO4/c1-4-7-10-15-26(34)17-18-27-28-19-23-12-11-16-31(29(23)20-24(28)21-30(27)35)37-22-32(36)33-25(13-8-5-2)14-9-6-3/h11-12,16,24-28,30,34-35H,4-10,13-15,17-22H2,1-3H3,(H,33,36)/t24?,26-,27+,28-,30+/m0/s1. The second-order valence-corrected chi connectivity index (χ2v) is 11.8. The summed E-state index contributed by atoms with van der Waals surface area (Å²) < 4.78 is 6.10. The molecule has 0 heterocycles. The van der Waals surface area contributed by atoms with E-state index in [1.165, 1.54) is 24.0 Å². The van der Waals surface area contributed by atoms with Crippen molar-refractivity contribution in [3.63, 3.8) is 0 Å². The summed E-state index contributed by atoms with van der Waals surface area (Å²) in [6.45, 7) is 6.62. The molecule has 1 amide bonds. The average Bonchev–Trinajstić information content (AvgIpc) is 3.20. The summed E-state index contributed by atoms with van der Waals surface area (Å²) in [6, 6.07) is 6.46. The van der Waals surface area contributed by atoms with Gasteiger partial charge in [-0.05, 0) is 86.3 Å². The number of fused-ring (bicyclic) bond motifs is 2. The molecule has 0 aromatic heterocycles. The zero-order valence-corrected chi connectivity index (χ0v) is 23.7. The van der Waals surface area contributed by atoms with Crippen LogP contribution in [-0.2, 0) is 17.6 Å². The third-order valence-electron chi connectivity index (χ3n) is 8.86. The molecule has 5 heteroatoms. The van der Waals surface area contributed by atoms with Crippen molar-refractivity contribution in [1.29, 1.82) is 0 Å². The van der Waals surface area contributed by atoms with Gasteiger partial charge in [0.25, 0.3) is 5.91 Å². The zero-order chi connectivity index (χ0) is 26.6. The van der Waals surface area contributed by atoms with Crippen molar-refractivity contribution in [1.82, 2.24) is 5.32 Å². The normalized spacial score (nSPS) is 23.5. The van der Waals surface area contributed by atoms with E-state index in [9.17, 15) is 15.0 Å². The van der Waals surface area contributed by atoms with Gasteiger partial charge in [-0.25, -0.2) is 0 Å². The van der Waals surface area contributed by atoms with Gasteiger partial charge in [-0.1, -0.05) is 77.8 Å². The Hall–Kier alpha value is -1.59. The summed E-state index contributed by atoms with van der Waals surface area (Å²) >= 11 is 0. The molecule has 1 aromatic carbocycles. The molecule has 5 nitrogen and oxygen atoms in total. The maximum Gasteiger partial charge on any atom is 0.258 e. The SMILES string of the molecule is CCCCC[C@H](O)CC[C@H]1[C@H](O)CC2Cc3c(cccc3OCC(=O)NC(CCCC)CCCC)C[C@@H]21. The van der Waals surface area contributed by atoms with Gasteiger partial charge in [0.05, 0.1) is 12.2 Å². The van der Waals surface area contributed by atoms with E-state index in [1.807, 2.05) is 12.1 Å². The highest BCUT2D eigenvalue weighted by Crippen LogP contribution is 2.48. The van der Waals surface area contributed by atoms with Crippen LogP contribution in [0.4, 0.5) is 0 Å². The summed E-state index contributed by atoms with van der Waals surface area (Å²) in [6.07, 6.45) is 14.8. The molecule has 2 aliphatic rings. The van der Waals surface area contributed by atoms with Crippen LogP contribution in [0.15, 0.2) is 18.2 Å². The fourth-order valence-electron chi connectivity index (χ4n) is 6.70. The Morgan fingerprint density at radius 1 is 1.00 bits per heavy atom. The highest BCUT2D eigenvalue weighted by molar-refractivity contribution is 5.77. The highest BCUT2D eigenvalue weighted by Gasteiger charge is 2.44. The van der Waals surface area contributed by atoms with Gasteiger partial charge in [-0.2, -0.15) is 0 Å². The molecule has 0 saturated heterocycles. The number of aliphatic hydroxyl groups is 2. The molecule has 1 unspecified atom stereocenters. The molecule has 1 fully saturated rings. The molecule has 3 N–H and O–H groups in total. The number of amides is 1. The van der Waals surface area contributed by atoms with Crippen molar-refractivity contribution in [2.45, 2.75) is 135 Å². The largest absolute Gasteiger partial charge is 0.483 e. The first-order valence-electron chi connectivity index (χ1n) is 15.4. The first-order valence-corrected chi connectivity index (χ1v) is 15.4. The molecule has 0 bridgehead atoms. The number of unbranched alkanes of at least 4 members (excludes halogenated alkanes) is 4. The van der Waals surface area contributed by atoms with Crippen molar-refractivity contribution < 1.29 is 19.7 Å². The molecule has 5 atom stereocenters. The summed E-state index contributed by atoms with van der Waals surface area (Å²) in [5, 5.41) is 24.5. The van der Waals surface area contributed by atoms with E-state index in [-0.39, 0.29) is 36.7 Å². The molecule has 3 rings (SSSR count). The van der Waals surface area contributed by atoms with E-state index in [1.54, 1.807) is 0 Å². The average molecular weight is 516 g/mol. The minimum atomic E-state index is -0.287. The second-order valence-electron chi connectivity index (χ2n) is 11.8. The van der Waals surface area contributed by atoms with E-state index in [0.29, 0.717) is 11.8 Å². The van der Waals surface area contributed by atoms with Gasteiger partial charge < -0.3 is 20.3 Å². The number of hydrogen-bond acceptors (Lipinski definition) is 4. The summed E-state index contributed by atoms with van der Waals surface area (Å²) in [4.78, 5) is 12.7. The topological polar surface area (TPSA) is 78.8 Å². The van der Waals surface area contributed by atoms with Crippen molar-refractivity contribution in [3.8, 4) is 5.75 Å². The Morgan fingerprint density at radius 2 is 1.73 bits per heavy atom. The summed E-state index contributed by atoms with van der Waals surface area (Å²) in [5.74, 6) is 1.96. The zero-order valence-electron chi connectivity index (χ0n) is 23.7. The van der Waals surface area contributed by atoms with Crippen molar-refractivity contribution >= 4 is 5.91 Å². The van der Waals surface area contributed by atoms with Crippen LogP contribution in [0.5, 0.6) is 5.75 Å². The van der Waals surface area contributed by atoms with Gasteiger partial charge in [0.1, 0.15) is 5.75 Å². The monoisotopic (exact) mass is 515 g/mol. The van der Waals surface area contributed by atoms with Gasteiger partial charge >= 0.3 is 0 Å². The maximum atomic E-state index is 12.7. The molecular formula is C32H53NO4. The van der Waals surface area contributed by atoms with Crippen LogP contribution in [-0.4, -0.2) is 41.0 Å². The lowest BCUT2D eigenvalue weighted by Crippen LogP contribution is -2.38. The van der Waals surface area contributed by atoms with Crippen LogP contribution in [0, 0.1) is 17.8 Å². The number of carbonyl (C=O) groups is 1. The van der Waals surface area contributed by atoms with Gasteiger partial charge in [-0.3, -0.25) is 4.79 Å². The molecule has 210 valence electrons. The van der Waals surface area contributed by atoms with E-state index in [4.69, 9.17) is 4.74 Å². The highest BCUT2D eigenvalue weighted by atomic mass is 16.5. The maximum absolute atomic E-state index is 12.7. The van der Waals surface area contributed by atoms with Crippen LogP contribution in [0.2, 0.25) is 0 Å². The Balaban J connectivity index is 1.55. The van der Waals surface area contributed by atoms with Crippen LogP contribution in [0.1, 0.15) is 115 Å². The smallest absolute Gasteiger partial charge is 0.258 e. The van der Waals surface area contributed by atoms with Gasteiger partial charge in [0.2, 0.25) is 0 Å². The lowest BCUT2D eigenvalue weighted by Gasteiger charge is -2.32. The third kappa shape index (κ3) is 8.99. The van der Waals surface area contributed by atoms with Crippen LogP contribution in [0.25, 0.3) is 0 Å². The van der Waals surface area contributed by atoms with Gasteiger partial charge in [0, 0.05) is 6.04 Å². The van der Waals surface area contributed by atoms with Crippen LogP contribution in [0.3, 0.4) is 0 Å². The van der Waals surface area contributed by atoms with E-state index in [2.05, 4.69) is 32.2 Å². The van der Waals surface area contributed by atoms with E-state index < -0.39 is 0 Å². The summed E-state index contributed by atoms with van der Waals surface area (Å²) in [5.41, 5.74) is 2.52. The Bertz CT molecular complexity index is 804. The Kier molecular flexibility index (Phi) is 12.7. The number of rotatable bonds is 17. The van der Waals surface area contributed by atoms with Crippen LogP contribution >= 0.6 is 0 Å². The minimum Gasteiger partial charge on any atom is -0.483 e. The molecule has 0 spiro atoms. The predicted molar refractivity (Wildman–Crippen MR) is 151 cm³/mol. The van der Waals surface area contributed by atoms with E-state index >= 15 is 0 Å². The molecular weight excluding hydrogens is 462 g/mol. The van der Waals surface area contributed by atoms with Crippen molar-refractivity contribution in [2.75, 3.05) is 6.61 Å². The lowest BCUT2D eigenvalue weighted by molar-refractivity contribution is -0.123. The quantitative estimate of drug-likeness (QED) is 0.211. The Labute approximate surface area is 225 Å². The minimum absolute atomic E-state index is 0.0302. The van der Waals surface area contributed by atoms with Crippen LogP contribution < -0.4 is 10.1 Å². The molecule has 37 heavy (non-hydrogen) atoms. The van der Waals surface area contributed by atoms with E-state index in [0.717, 1.165) is 89.2 Å². The predicted octanol–water partition coefficient (Wildman–Crippen LogP) is 6.36. The number of nitrogens with one attached hydrogen (secondary N) is 1. The molecule has 0 aliphatic heterocycles. The first-order chi connectivity index (χ1) is 18.0. The number of benzene rings is 1. The second kappa shape index (κ2) is 15.7. The first kappa shape index (κ1) is 30.0. The number of hydrogen-bond donors (Lipinski definition) is 3. The molecule has 1 aromatic rings. The molecule has 1 saturated carbocycles. The fourth-order valence-corrected chi connectivity index (χ4v) is 6.70. The van der Waals surface area contributed by atoms with Crippen molar-refractivity contribution in [3.05, 3.63) is 29.3 Å². The van der Waals surface area contributed by atoms with Gasteiger partial charge in [-0.15, -0.1) is 0 Å². The molecule has 2 aliphatic carbocycles. The van der Waals surface area contributed by atoms with Crippen molar-refractivity contribution in [2.24, 2.45) is 17.8 Å². The summed E-state index contributed by atoms with van der Waals surface area (Å²) in [7, 11) is 0. The number of aliphatic hydroxyl groups excluding tert-OH is 2. The lowest BCUT2D eigenvalue weighted by atomic mass is 9.73. The Morgan fingerprint density at radius 3 is 2.43 bits per heavy atom. The number of carbonyl (C=O) groups excluding carboxylic acids is 1.